The molecule has 0 N–H and O–H groups in total. The molecule has 1 aromatic rings. The van der Waals surface area contributed by atoms with Gasteiger partial charge in [-0.25, -0.2) is 4.39 Å². The summed E-state index contributed by atoms with van der Waals surface area (Å²) < 4.78 is 13.3. The molecule has 0 radical (unpaired) electrons. The molecule has 2 rings (SSSR count). The Hall–Kier alpha value is -1.38. The van der Waals surface area contributed by atoms with E-state index < -0.39 is 0 Å². The Labute approximate surface area is 101 Å². The van der Waals surface area contributed by atoms with Gasteiger partial charge in [0, 0.05) is 18.7 Å². The van der Waals surface area contributed by atoms with Crippen LogP contribution in [0.5, 0.6) is 0 Å². The van der Waals surface area contributed by atoms with E-state index in [2.05, 4.69) is 13.8 Å². The number of benzene rings is 1. The van der Waals surface area contributed by atoms with Crippen molar-refractivity contribution >= 4 is 11.6 Å². The first kappa shape index (κ1) is 12.1. The van der Waals surface area contributed by atoms with Gasteiger partial charge in [-0.05, 0) is 36.5 Å². The molecule has 0 saturated carbocycles. The molecule has 0 aromatic heterocycles. The Balaban J connectivity index is 2.37. The standard InChI is InChI=1S/C14H18FNO/c1-10-4-5-11(15)8-12(10)16-9-14(2,3)7-6-13(16)17/h4-5,8H,6-7,9H2,1-3H3. The van der Waals surface area contributed by atoms with Gasteiger partial charge in [0.2, 0.25) is 5.91 Å². The number of aryl methyl sites for hydroxylation is 1. The predicted octanol–water partition coefficient (Wildman–Crippen LogP) is 3.29. The Morgan fingerprint density at radius 2 is 2.06 bits per heavy atom. The Kier molecular flexibility index (Phi) is 2.94. The third-order valence-corrected chi connectivity index (χ3v) is 3.36. The number of anilines is 1. The van der Waals surface area contributed by atoms with Crippen LogP contribution in [0.4, 0.5) is 10.1 Å². The summed E-state index contributed by atoms with van der Waals surface area (Å²) in [4.78, 5) is 13.7. The average Bonchev–Trinajstić information content (AvgIpc) is 2.25. The molecule has 1 saturated heterocycles. The summed E-state index contributed by atoms with van der Waals surface area (Å²) in [6.45, 7) is 6.85. The number of carbonyl (C=O) groups is 1. The van der Waals surface area contributed by atoms with Crippen molar-refractivity contribution < 1.29 is 9.18 Å². The summed E-state index contributed by atoms with van der Waals surface area (Å²) >= 11 is 0. The van der Waals surface area contributed by atoms with Gasteiger partial charge in [0.05, 0.1) is 0 Å². The maximum Gasteiger partial charge on any atom is 0.227 e. The highest BCUT2D eigenvalue weighted by Crippen LogP contribution is 2.33. The summed E-state index contributed by atoms with van der Waals surface area (Å²) in [6.07, 6.45) is 1.44. The second-order valence-electron chi connectivity index (χ2n) is 5.57. The van der Waals surface area contributed by atoms with Crippen LogP contribution in [0.25, 0.3) is 0 Å². The average molecular weight is 235 g/mol. The van der Waals surface area contributed by atoms with Crippen molar-refractivity contribution in [3.63, 3.8) is 0 Å². The second kappa shape index (κ2) is 4.13. The van der Waals surface area contributed by atoms with Gasteiger partial charge in [0.25, 0.3) is 0 Å². The number of halogens is 1. The van der Waals surface area contributed by atoms with E-state index in [4.69, 9.17) is 0 Å². The molecular formula is C14H18FNO. The van der Waals surface area contributed by atoms with Gasteiger partial charge < -0.3 is 4.90 Å². The van der Waals surface area contributed by atoms with Crippen molar-refractivity contribution in [3.8, 4) is 0 Å². The monoisotopic (exact) mass is 235 g/mol. The first-order chi connectivity index (χ1) is 7.89. The van der Waals surface area contributed by atoms with Crippen LogP contribution in [-0.4, -0.2) is 12.5 Å². The van der Waals surface area contributed by atoms with Crippen molar-refractivity contribution in [2.24, 2.45) is 5.41 Å². The lowest BCUT2D eigenvalue weighted by atomic mass is 9.83. The van der Waals surface area contributed by atoms with E-state index in [0.717, 1.165) is 12.0 Å². The zero-order valence-corrected chi connectivity index (χ0v) is 10.6. The molecule has 1 amide bonds. The van der Waals surface area contributed by atoms with Crippen molar-refractivity contribution in [1.82, 2.24) is 0 Å². The van der Waals surface area contributed by atoms with Crippen LogP contribution in [0.2, 0.25) is 0 Å². The molecule has 1 aliphatic rings. The summed E-state index contributed by atoms with van der Waals surface area (Å²) in [7, 11) is 0. The Morgan fingerprint density at radius 1 is 1.35 bits per heavy atom. The number of piperidine rings is 1. The van der Waals surface area contributed by atoms with Crippen LogP contribution in [-0.2, 0) is 4.79 Å². The number of rotatable bonds is 1. The van der Waals surface area contributed by atoms with Crippen LogP contribution >= 0.6 is 0 Å². The molecule has 0 atom stereocenters. The van der Waals surface area contributed by atoms with Gasteiger partial charge in [-0.15, -0.1) is 0 Å². The molecule has 0 unspecified atom stereocenters. The highest BCUT2D eigenvalue weighted by atomic mass is 19.1. The van der Waals surface area contributed by atoms with Crippen LogP contribution in [0.3, 0.4) is 0 Å². The lowest BCUT2D eigenvalue weighted by molar-refractivity contribution is -0.120. The van der Waals surface area contributed by atoms with Crippen LogP contribution in [0, 0.1) is 18.2 Å². The van der Waals surface area contributed by atoms with Gasteiger partial charge in [0.1, 0.15) is 5.82 Å². The number of hydrogen-bond donors (Lipinski definition) is 0. The molecule has 92 valence electrons. The van der Waals surface area contributed by atoms with Gasteiger partial charge in [-0.2, -0.15) is 0 Å². The van der Waals surface area contributed by atoms with E-state index >= 15 is 0 Å². The summed E-state index contributed by atoms with van der Waals surface area (Å²) in [5, 5.41) is 0. The first-order valence-corrected chi connectivity index (χ1v) is 5.96. The van der Waals surface area contributed by atoms with E-state index in [1.807, 2.05) is 6.92 Å². The van der Waals surface area contributed by atoms with Gasteiger partial charge in [0.15, 0.2) is 0 Å². The fourth-order valence-electron chi connectivity index (χ4n) is 2.27. The number of carbonyl (C=O) groups excluding carboxylic acids is 1. The third kappa shape index (κ3) is 2.48. The first-order valence-electron chi connectivity index (χ1n) is 5.96. The molecule has 1 aromatic carbocycles. The Bertz CT molecular complexity index is 454. The predicted molar refractivity (Wildman–Crippen MR) is 66.5 cm³/mol. The molecule has 17 heavy (non-hydrogen) atoms. The smallest absolute Gasteiger partial charge is 0.227 e. The molecule has 2 nitrogen and oxygen atoms in total. The van der Waals surface area contributed by atoms with E-state index in [0.29, 0.717) is 18.7 Å². The highest BCUT2D eigenvalue weighted by molar-refractivity contribution is 5.95. The topological polar surface area (TPSA) is 20.3 Å². The number of amides is 1. The maximum absolute atomic E-state index is 13.3. The molecular weight excluding hydrogens is 217 g/mol. The van der Waals surface area contributed by atoms with Gasteiger partial charge in [-0.1, -0.05) is 19.9 Å². The van der Waals surface area contributed by atoms with Gasteiger partial charge >= 0.3 is 0 Å². The van der Waals surface area contributed by atoms with Crippen molar-refractivity contribution in [3.05, 3.63) is 29.6 Å². The molecule has 1 fully saturated rings. The minimum atomic E-state index is -0.290. The SMILES string of the molecule is Cc1ccc(F)cc1N1CC(C)(C)CCC1=O. The highest BCUT2D eigenvalue weighted by Gasteiger charge is 2.32. The lowest BCUT2D eigenvalue weighted by Crippen LogP contribution is -2.44. The van der Waals surface area contributed by atoms with Crippen molar-refractivity contribution in [1.29, 1.82) is 0 Å². The molecule has 0 bridgehead atoms. The fourth-order valence-corrected chi connectivity index (χ4v) is 2.27. The molecule has 0 spiro atoms. The number of nitrogens with zero attached hydrogens (tertiary/aromatic N) is 1. The summed E-state index contributed by atoms with van der Waals surface area (Å²) in [6, 6.07) is 4.60. The zero-order valence-electron chi connectivity index (χ0n) is 10.6. The largest absolute Gasteiger partial charge is 0.312 e. The molecule has 1 heterocycles. The van der Waals surface area contributed by atoms with E-state index in [-0.39, 0.29) is 17.1 Å². The van der Waals surface area contributed by atoms with E-state index in [9.17, 15) is 9.18 Å². The maximum atomic E-state index is 13.3. The normalized spacial score (nSPS) is 19.5. The minimum absolute atomic E-state index is 0.0954. The van der Waals surface area contributed by atoms with E-state index in [1.54, 1.807) is 11.0 Å². The quantitative estimate of drug-likeness (QED) is 0.731. The van der Waals surface area contributed by atoms with Crippen LogP contribution in [0.15, 0.2) is 18.2 Å². The summed E-state index contributed by atoms with van der Waals surface area (Å²) in [5.74, 6) is -0.195. The second-order valence-corrected chi connectivity index (χ2v) is 5.57. The lowest BCUT2D eigenvalue weighted by Gasteiger charge is -2.38. The third-order valence-electron chi connectivity index (χ3n) is 3.36. The number of hydrogen-bond acceptors (Lipinski definition) is 1. The minimum Gasteiger partial charge on any atom is -0.312 e. The molecule has 1 aliphatic heterocycles. The van der Waals surface area contributed by atoms with E-state index in [1.165, 1.54) is 12.1 Å². The molecule has 3 heteroatoms. The fraction of sp³-hybridized carbons (Fsp3) is 0.500. The summed E-state index contributed by atoms with van der Waals surface area (Å²) in [5.41, 5.74) is 1.76. The van der Waals surface area contributed by atoms with Gasteiger partial charge in [-0.3, -0.25) is 4.79 Å². The molecule has 0 aliphatic carbocycles. The Morgan fingerprint density at radius 3 is 2.76 bits per heavy atom. The van der Waals surface area contributed by atoms with Crippen molar-refractivity contribution in [2.75, 3.05) is 11.4 Å². The van der Waals surface area contributed by atoms with Crippen molar-refractivity contribution in [2.45, 2.75) is 33.6 Å². The van der Waals surface area contributed by atoms with Crippen LogP contribution in [0.1, 0.15) is 32.3 Å². The van der Waals surface area contributed by atoms with Crippen LogP contribution < -0.4 is 4.90 Å². The zero-order chi connectivity index (χ0) is 12.6.